The number of unbranched alkanes of at least 4 members (excludes halogenated alkanes) is 3. The molecule has 2 N–H and O–H groups in total. The Hall–Kier alpha value is -0.950. The van der Waals surface area contributed by atoms with Crippen molar-refractivity contribution in [1.29, 1.82) is 0 Å². The first kappa shape index (κ1) is 28.6. The molecule has 0 unspecified atom stereocenters. The molecule has 0 heterocycles. The van der Waals surface area contributed by atoms with Gasteiger partial charge in [0.2, 0.25) is 0 Å². The Balaban J connectivity index is 1.60. The molecule has 6 heteroatoms. The van der Waals surface area contributed by atoms with Crippen LogP contribution < -0.4 is 0 Å². The highest BCUT2D eigenvalue weighted by Crippen LogP contribution is 2.61. The molecule has 0 radical (unpaired) electrons. The topological polar surface area (TPSA) is 83.8 Å². The molecule has 0 saturated heterocycles. The molecule has 200 valence electrons. The zero-order chi connectivity index (χ0) is 25.9. The van der Waals surface area contributed by atoms with Gasteiger partial charge in [-0.15, -0.1) is 0 Å². The molecule has 6 atom stereocenters. The van der Waals surface area contributed by atoms with Crippen LogP contribution in [-0.4, -0.2) is 36.9 Å². The largest absolute Gasteiger partial charge is 0.393 e. The fraction of sp³-hybridized carbons (Fsp3) is 0.793. The quantitative estimate of drug-likeness (QED) is 0.257. The second kappa shape index (κ2) is 11.6. The van der Waals surface area contributed by atoms with Crippen molar-refractivity contribution in [2.24, 2.45) is 29.1 Å². The van der Waals surface area contributed by atoms with Gasteiger partial charge in [-0.05, 0) is 101 Å². The number of aliphatic hydroxyl groups excluding tert-OH is 1. The summed E-state index contributed by atoms with van der Waals surface area (Å²) in [6.07, 6.45) is 10.3. The van der Waals surface area contributed by atoms with Gasteiger partial charge in [-0.1, -0.05) is 57.2 Å². The van der Waals surface area contributed by atoms with Crippen LogP contribution in [0.1, 0.15) is 97.5 Å². The van der Waals surface area contributed by atoms with Gasteiger partial charge in [-0.25, -0.2) is 0 Å². The maximum absolute atomic E-state index is 12.8. The first-order valence-electron chi connectivity index (χ1n) is 13.7. The van der Waals surface area contributed by atoms with E-state index in [0.29, 0.717) is 11.8 Å². The summed E-state index contributed by atoms with van der Waals surface area (Å²) in [5.74, 6) is 1.28. The highest BCUT2D eigenvalue weighted by atomic mass is 32.2. The number of hydrogen-bond donors (Lipinski definition) is 2. The highest BCUT2D eigenvalue weighted by Gasteiger charge is 2.56. The lowest BCUT2D eigenvalue weighted by atomic mass is 9.55. The van der Waals surface area contributed by atoms with Crippen molar-refractivity contribution in [3.8, 4) is 0 Å². The van der Waals surface area contributed by atoms with Crippen LogP contribution in [0.2, 0.25) is 0 Å². The molecule has 1 aromatic rings. The van der Waals surface area contributed by atoms with Crippen molar-refractivity contribution < 1.29 is 22.8 Å². The van der Waals surface area contributed by atoms with Gasteiger partial charge in [-0.3, -0.25) is 4.18 Å². The van der Waals surface area contributed by atoms with Crippen molar-refractivity contribution in [3.63, 3.8) is 0 Å². The van der Waals surface area contributed by atoms with Gasteiger partial charge in [0.05, 0.1) is 23.2 Å². The summed E-state index contributed by atoms with van der Waals surface area (Å²) in [6.45, 7) is 10.3. The van der Waals surface area contributed by atoms with Gasteiger partial charge < -0.3 is 10.2 Å². The second-order valence-corrected chi connectivity index (χ2v) is 13.9. The van der Waals surface area contributed by atoms with E-state index in [9.17, 15) is 18.6 Å². The van der Waals surface area contributed by atoms with E-state index >= 15 is 0 Å². The van der Waals surface area contributed by atoms with Gasteiger partial charge in [0.25, 0.3) is 10.1 Å². The number of fused-ring (bicyclic) bond motifs is 1. The maximum Gasteiger partial charge on any atom is 0.296 e. The van der Waals surface area contributed by atoms with Crippen molar-refractivity contribution >= 4 is 10.1 Å². The molecule has 0 aromatic heterocycles. The third kappa shape index (κ3) is 7.09. The molecule has 5 nitrogen and oxygen atoms in total. The molecule has 1 aromatic carbocycles. The van der Waals surface area contributed by atoms with E-state index in [-0.39, 0.29) is 34.9 Å². The van der Waals surface area contributed by atoms with Crippen LogP contribution in [-0.2, 0) is 14.3 Å². The third-order valence-electron chi connectivity index (χ3n) is 9.12. The van der Waals surface area contributed by atoms with Crippen LogP contribution in [0.3, 0.4) is 0 Å². The molecular weight excluding hydrogens is 460 g/mol. The van der Waals surface area contributed by atoms with E-state index in [0.717, 1.165) is 56.9 Å². The lowest BCUT2D eigenvalue weighted by Crippen LogP contribution is -2.48. The fourth-order valence-corrected chi connectivity index (χ4v) is 8.09. The summed E-state index contributed by atoms with van der Waals surface area (Å²) in [7, 11) is -3.78. The number of rotatable bonds is 12. The molecule has 0 spiro atoms. The van der Waals surface area contributed by atoms with Gasteiger partial charge in [-0.2, -0.15) is 8.42 Å². The molecule has 2 aliphatic rings. The summed E-state index contributed by atoms with van der Waals surface area (Å²) < 4.78 is 31.1. The monoisotopic (exact) mass is 508 g/mol. The highest BCUT2D eigenvalue weighted by molar-refractivity contribution is 7.86. The molecule has 2 aliphatic carbocycles. The number of aliphatic hydroxyl groups is 2. The summed E-state index contributed by atoms with van der Waals surface area (Å²) in [5, 5.41) is 20.8. The van der Waals surface area contributed by atoms with E-state index in [2.05, 4.69) is 13.8 Å². The van der Waals surface area contributed by atoms with E-state index in [1.54, 1.807) is 24.3 Å². The Morgan fingerprint density at radius 2 is 1.71 bits per heavy atom. The summed E-state index contributed by atoms with van der Waals surface area (Å²) in [6, 6.07) is 6.80. The van der Waals surface area contributed by atoms with Crippen LogP contribution in [0.15, 0.2) is 29.2 Å². The lowest BCUT2D eigenvalue weighted by molar-refractivity contribution is -0.0749. The number of hydrogen-bond acceptors (Lipinski definition) is 5. The SMILES string of the molecule is Cc1ccc(S(=O)(=O)OC[C@@H](C)[C@H]2CC[C@H]3[C@@H](O)CC[C@@H](CCCCCCC(C)(C)O)[C@]23C)cc1. The molecule has 0 bridgehead atoms. The molecule has 2 saturated carbocycles. The van der Waals surface area contributed by atoms with E-state index in [1.165, 1.54) is 12.8 Å². The standard InChI is InChI=1S/C29H48O5S/c1-21-11-14-24(15-12-21)35(32,33)34-20-22(2)25-16-17-26-27(30)18-13-23(29(25,26)5)10-8-6-7-9-19-28(3,4)31/h11-12,14-15,22-23,25-27,30-31H,6-10,13,16-20H2,1-5H3/t22-,23-,25-,26+,27+,29-/m1/s1. The number of benzene rings is 1. The normalized spacial score (nSPS) is 30.3. The van der Waals surface area contributed by atoms with Gasteiger partial charge in [0.1, 0.15) is 0 Å². The van der Waals surface area contributed by atoms with E-state index < -0.39 is 15.7 Å². The first-order valence-corrected chi connectivity index (χ1v) is 15.1. The zero-order valence-electron chi connectivity index (χ0n) is 22.5. The minimum atomic E-state index is -3.78. The lowest BCUT2D eigenvalue weighted by Gasteiger charge is -2.51. The van der Waals surface area contributed by atoms with Crippen LogP contribution in [0.5, 0.6) is 0 Å². The zero-order valence-corrected chi connectivity index (χ0v) is 23.3. The maximum atomic E-state index is 12.8. The Labute approximate surface area is 213 Å². The minimum Gasteiger partial charge on any atom is -0.393 e. The number of aryl methyl sites for hydroxylation is 1. The van der Waals surface area contributed by atoms with Crippen molar-refractivity contribution in [2.75, 3.05) is 6.61 Å². The van der Waals surface area contributed by atoms with Crippen LogP contribution in [0, 0.1) is 36.0 Å². The predicted octanol–water partition coefficient (Wildman–Crippen LogP) is 6.25. The first-order chi connectivity index (χ1) is 16.3. The summed E-state index contributed by atoms with van der Waals surface area (Å²) in [4.78, 5) is 0.210. The predicted molar refractivity (Wildman–Crippen MR) is 141 cm³/mol. The van der Waals surface area contributed by atoms with Crippen molar-refractivity contribution in [1.82, 2.24) is 0 Å². The molecule has 0 amide bonds. The van der Waals surface area contributed by atoms with Crippen LogP contribution >= 0.6 is 0 Å². The molecule has 3 rings (SSSR count). The molecule has 0 aliphatic heterocycles. The Morgan fingerprint density at radius 1 is 1.06 bits per heavy atom. The summed E-state index contributed by atoms with van der Waals surface area (Å²) in [5.41, 5.74) is 0.449. The average molecular weight is 509 g/mol. The van der Waals surface area contributed by atoms with Gasteiger partial charge >= 0.3 is 0 Å². The van der Waals surface area contributed by atoms with Crippen LogP contribution in [0.25, 0.3) is 0 Å². The molecule has 35 heavy (non-hydrogen) atoms. The minimum absolute atomic E-state index is 0.0150. The Morgan fingerprint density at radius 3 is 2.37 bits per heavy atom. The van der Waals surface area contributed by atoms with Crippen LogP contribution in [0.4, 0.5) is 0 Å². The fourth-order valence-electron chi connectivity index (χ4n) is 7.09. The molecular formula is C29H48O5S. The Bertz CT molecular complexity index is 904. The van der Waals surface area contributed by atoms with E-state index in [1.807, 2.05) is 20.8 Å². The van der Waals surface area contributed by atoms with Gasteiger partial charge in [0.15, 0.2) is 0 Å². The smallest absolute Gasteiger partial charge is 0.296 e. The second-order valence-electron chi connectivity index (χ2n) is 12.3. The van der Waals surface area contributed by atoms with Crippen molar-refractivity contribution in [2.45, 2.75) is 115 Å². The van der Waals surface area contributed by atoms with Crippen molar-refractivity contribution in [3.05, 3.63) is 29.8 Å². The summed E-state index contributed by atoms with van der Waals surface area (Å²) >= 11 is 0. The Kier molecular flexibility index (Phi) is 9.50. The molecule has 2 fully saturated rings. The third-order valence-corrected chi connectivity index (χ3v) is 10.4. The van der Waals surface area contributed by atoms with E-state index in [4.69, 9.17) is 4.18 Å². The van der Waals surface area contributed by atoms with Gasteiger partial charge in [0, 0.05) is 0 Å². The average Bonchev–Trinajstić information content (AvgIpc) is 3.14.